The van der Waals surface area contributed by atoms with Crippen LogP contribution in [0.15, 0.2) is 42.5 Å². The van der Waals surface area contributed by atoms with Crippen molar-refractivity contribution < 1.29 is 0 Å². The minimum absolute atomic E-state index is 0.751. The molecule has 0 N–H and O–H groups in total. The quantitative estimate of drug-likeness (QED) is 0.284. The first-order valence-corrected chi connectivity index (χ1v) is 11.7. The van der Waals surface area contributed by atoms with Gasteiger partial charge in [0.25, 0.3) is 0 Å². The van der Waals surface area contributed by atoms with Crippen molar-refractivity contribution in [2.24, 2.45) is 11.8 Å². The Morgan fingerprint density at radius 3 is 2.25 bits per heavy atom. The van der Waals surface area contributed by atoms with Crippen molar-refractivity contribution in [3.8, 4) is 11.8 Å². The van der Waals surface area contributed by atoms with Gasteiger partial charge >= 0.3 is 0 Å². The first kappa shape index (κ1) is 22.5. The molecule has 0 aromatic heterocycles. The van der Waals surface area contributed by atoms with Crippen LogP contribution in [0.5, 0.6) is 0 Å². The molecular weight excluding hydrogens is 336 g/mol. The Hall–Kier alpha value is -1.74. The van der Waals surface area contributed by atoms with Gasteiger partial charge in [-0.25, -0.2) is 0 Å². The van der Waals surface area contributed by atoms with Gasteiger partial charge in [0.15, 0.2) is 0 Å². The van der Waals surface area contributed by atoms with Crippen molar-refractivity contribution in [1.82, 2.24) is 0 Å². The molecule has 0 spiro atoms. The topological polar surface area (TPSA) is 0 Å². The summed E-state index contributed by atoms with van der Waals surface area (Å²) in [4.78, 5) is 0. The molecule has 0 radical (unpaired) electrons. The fourth-order valence-electron chi connectivity index (χ4n) is 4.21. The number of hydrogen-bond donors (Lipinski definition) is 0. The van der Waals surface area contributed by atoms with Gasteiger partial charge in [-0.1, -0.05) is 101 Å². The predicted molar refractivity (Wildman–Crippen MR) is 125 cm³/mol. The van der Waals surface area contributed by atoms with Crippen LogP contribution in [-0.2, 0) is 6.42 Å². The van der Waals surface area contributed by atoms with E-state index < -0.39 is 0 Å². The average molecular weight is 377 g/mol. The zero-order valence-corrected chi connectivity index (χ0v) is 18.3. The molecule has 1 fully saturated rings. The van der Waals surface area contributed by atoms with Gasteiger partial charge in [-0.15, -0.1) is 0 Å². The van der Waals surface area contributed by atoms with E-state index >= 15 is 0 Å². The molecule has 0 saturated heterocycles. The van der Waals surface area contributed by atoms with Crippen LogP contribution in [0, 0.1) is 23.7 Å². The molecule has 1 aromatic rings. The molecule has 1 saturated carbocycles. The summed E-state index contributed by atoms with van der Waals surface area (Å²) in [6, 6.07) is 8.80. The van der Waals surface area contributed by atoms with E-state index in [0.29, 0.717) is 0 Å². The van der Waals surface area contributed by atoms with Gasteiger partial charge in [-0.05, 0) is 73.3 Å². The van der Waals surface area contributed by atoms with Crippen LogP contribution < -0.4 is 0 Å². The summed E-state index contributed by atoms with van der Waals surface area (Å²) in [5, 5.41) is 0. The highest BCUT2D eigenvalue weighted by molar-refractivity contribution is 5.53. The first-order chi connectivity index (χ1) is 13.8. The van der Waals surface area contributed by atoms with Crippen molar-refractivity contribution in [3.05, 3.63) is 53.6 Å². The lowest BCUT2D eigenvalue weighted by molar-refractivity contribution is 0.288. The van der Waals surface area contributed by atoms with E-state index in [1.807, 2.05) is 6.08 Å². The predicted octanol–water partition coefficient (Wildman–Crippen LogP) is 8.38. The lowest BCUT2D eigenvalue weighted by Gasteiger charge is -2.26. The van der Waals surface area contributed by atoms with Crippen molar-refractivity contribution in [3.63, 3.8) is 0 Å². The fourth-order valence-corrected chi connectivity index (χ4v) is 4.21. The second-order valence-electron chi connectivity index (χ2n) is 8.46. The van der Waals surface area contributed by atoms with Gasteiger partial charge in [-0.3, -0.25) is 0 Å². The van der Waals surface area contributed by atoms with Crippen molar-refractivity contribution in [2.75, 3.05) is 0 Å². The molecule has 0 amide bonds. The van der Waals surface area contributed by atoms with Crippen LogP contribution in [0.4, 0.5) is 0 Å². The highest BCUT2D eigenvalue weighted by Crippen LogP contribution is 2.32. The molecule has 1 aliphatic carbocycles. The number of hydrogen-bond acceptors (Lipinski definition) is 0. The van der Waals surface area contributed by atoms with Gasteiger partial charge in [0.1, 0.15) is 0 Å². The summed E-state index contributed by atoms with van der Waals surface area (Å²) in [5.74, 6) is 8.07. The third-order valence-electron chi connectivity index (χ3n) is 6.02. The third kappa shape index (κ3) is 9.45. The zero-order chi connectivity index (χ0) is 19.9. The Kier molecular flexibility index (Phi) is 11.5. The molecule has 28 heavy (non-hydrogen) atoms. The van der Waals surface area contributed by atoms with E-state index in [9.17, 15) is 0 Å². The molecule has 0 nitrogen and oxygen atoms in total. The largest absolute Gasteiger partial charge is 0.0730 e. The van der Waals surface area contributed by atoms with Crippen LogP contribution in [0.25, 0.3) is 6.08 Å². The Bertz CT molecular complexity index is 627. The molecule has 1 aromatic carbocycles. The summed E-state index contributed by atoms with van der Waals surface area (Å²) < 4.78 is 0. The maximum Gasteiger partial charge on any atom is -0.0109 e. The molecule has 152 valence electrons. The molecular formula is C28H40. The number of benzene rings is 1. The summed E-state index contributed by atoms with van der Waals surface area (Å²) in [7, 11) is 0. The lowest BCUT2D eigenvalue weighted by atomic mass is 9.79. The van der Waals surface area contributed by atoms with E-state index in [4.69, 9.17) is 0 Å². The summed E-state index contributed by atoms with van der Waals surface area (Å²) in [5.41, 5.74) is 2.64. The minimum atomic E-state index is 0.751. The molecule has 0 unspecified atom stereocenters. The van der Waals surface area contributed by atoms with E-state index in [0.717, 1.165) is 18.3 Å². The number of rotatable bonds is 10. The molecule has 2 rings (SSSR count). The number of allylic oxidation sites excluding steroid dienone is 3. The van der Waals surface area contributed by atoms with Gasteiger partial charge in [0.05, 0.1) is 0 Å². The Morgan fingerprint density at radius 1 is 0.821 bits per heavy atom. The van der Waals surface area contributed by atoms with Gasteiger partial charge in [0, 0.05) is 0 Å². The SMILES string of the molecule is CCCCCCCC1CCC(C=CC#CC=Cc2ccc(CCC)cc2)CC1. The highest BCUT2D eigenvalue weighted by Gasteiger charge is 2.18. The molecule has 0 atom stereocenters. The average Bonchev–Trinajstić information content (AvgIpc) is 2.73. The minimum Gasteiger partial charge on any atom is -0.0730 e. The van der Waals surface area contributed by atoms with Crippen molar-refractivity contribution in [1.29, 1.82) is 0 Å². The summed E-state index contributed by atoms with van der Waals surface area (Å²) in [6.45, 7) is 4.51. The molecule has 1 aliphatic rings. The standard InChI is InChI=1S/C28H40/c1-3-5-6-7-10-14-27-21-23-28(24-22-27)16-12-9-8-11-15-26-19-17-25(13-4-2)18-20-26/h11-12,15-20,27-28H,3-7,10,13-14,21-24H2,1-2H3. The van der Waals surface area contributed by atoms with Gasteiger partial charge < -0.3 is 0 Å². The molecule has 0 aliphatic heterocycles. The normalized spacial score (nSPS) is 19.8. The molecule has 0 heteroatoms. The molecule has 0 heterocycles. The Labute approximate surface area is 174 Å². The third-order valence-corrected chi connectivity index (χ3v) is 6.02. The Balaban J connectivity index is 1.62. The fraction of sp³-hybridized carbons (Fsp3) is 0.571. The van der Waals surface area contributed by atoms with Crippen LogP contribution in [-0.4, -0.2) is 0 Å². The van der Waals surface area contributed by atoms with Crippen molar-refractivity contribution >= 4 is 6.08 Å². The van der Waals surface area contributed by atoms with Gasteiger partial charge in [-0.2, -0.15) is 0 Å². The van der Waals surface area contributed by atoms with E-state index in [1.165, 1.54) is 81.8 Å². The Morgan fingerprint density at radius 2 is 1.54 bits per heavy atom. The highest BCUT2D eigenvalue weighted by atomic mass is 14.2. The maximum absolute atomic E-state index is 3.18. The van der Waals surface area contributed by atoms with Crippen molar-refractivity contribution in [2.45, 2.75) is 90.9 Å². The van der Waals surface area contributed by atoms with E-state index in [1.54, 1.807) is 0 Å². The number of unbranched alkanes of at least 4 members (excludes halogenated alkanes) is 4. The first-order valence-electron chi connectivity index (χ1n) is 11.7. The van der Waals surface area contributed by atoms with Crippen LogP contribution >= 0.6 is 0 Å². The lowest BCUT2D eigenvalue weighted by Crippen LogP contribution is -2.12. The maximum atomic E-state index is 3.18. The summed E-state index contributed by atoms with van der Waals surface area (Å²) in [6.07, 6.45) is 25.0. The second kappa shape index (κ2) is 14.3. The van der Waals surface area contributed by atoms with Crippen LogP contribution in [0.3, 0.4) is 0 Å². The van der Waals surface area contributed by atoms with Crippen LogP contribution in [0.1, 0.15) is 95.6 Å². The monoisotopic (exact) mass is 376 g/mol. The molecule has 0 bridgehead atoms. The van der Waals surface area contributed by atoms with Crippen LogP contribution in [0.2, 0.25) is 0 Å². The zero-order valence-electron chi connectivity index (χ0n) is 18.3. The van der Waals surface area contributed by atoms with E-state index in [2.05, 4.69) is 68.2 Å². The van der Waals surface area contributed by atoms with Gasteiger partial charge in [0.2, 0.25) is 0 Å². The smallest absolute Gasteiger partial charge is 0.0109 e. The second-order valence-corrected chi connectivity index (χ2v) is 8.46. The van der Waals surface area contributed by atoms with E-state index in [-0.39, 0.29) is 0 Å². The summed E-state index contributed by atoms with van der Waals surface area (Å²) >= 11 is 0. The number of aryl methyl sites for hydroxylation is 1.